The van der Waals surface area contributed by atoms with Crippen LogP contribution in [0.25, 0.3) is 11.0 Å². The minimum atomic E-state index is -0.377. The maximum atomic E-state index is 12.7. The molecule has 0 spiro atoms. The zero-order chi connectivity index (χ0) is 17.7. The molecule has 8 heteroatoms. The molecule has 27 heavy (non-hydrogen) atoms. The van der Waals surface area contributed by atoms with Crippen molar-refractivity contribution in [2.75, 3.05) is 33.4 Å². The molecular formula is C19H30Cl2N4O2. The van der Waals surface area contributed by atoms with Crippen molar-refractivity contribution in [3.05, 3.63) is 30.1 Å². The normalized spacial score (nSPS) is 15.6. The molecule has 1 aliphatic heterocycles. The van der Waals surface area contributed by atoms with Crippen molar-refractivity contribution in [2.24, 2.45) is 12.5 Å². The number of ether oxygens (including phenoxy) is 1. The van der Waals surface area contributed by atoms with Crippen LogP contribution in [0, 0.1) is 5.41 Å². The number of piperidine rings is 1. The molecule has 1 aliphatic rings. The van der Waals surface area contributed by atoms with Crippen LogP contribution < -0.4 is 10.6 Å². The largest absolute Gasteiger partial charge is 0.384 e. The van der Waals surface area contributed by atoms with Gasteiger partial charge in [-0.15, -0.1) is 24.8 Å². The summed E-state index contributed by atoms with van der Waals surface area (Å²) in [5, 5.41) is 6.43. The van der Waals surface area contributed by atoms with Gasteiger partial charge in [0.2, 0.25) is 5.91 Å². The number of benzene rings is 1. The first kappa shape index (κ1) is 23.7. The molecule has 1 aromatic carbocycles. The Hall–Kier alpha value is -1.34. The molecule has 1 aromatic heterocycles. The van der Waals surface area contributed by atoms with Gasteiger partial charge >= 0.3 is 0 Å². The van der Waals surface area contributed by atoms with Crippen molar-refractivity contribution in [3.8, 4) is 0 Å². The van der Waals surface area contributed by atoms with Crippen LogP contribution in [0.5, 0.6) is 0 Å². The monoisotopic (exact) mass is 416 g/mol. The highest BCUT2D eigenvalue weighted by Crippen LogP contribution is 2.29. The Labute approximate surface area is 173 Å². The standard InChI is InChI=1S/C19H28N4O2.2ClH/c1-23-16-7-4-3-6-15(16)22-17(23)8-5-11-21-18(24)19(14-25-2)9-12-20-13-10-19;;/h3-4,6-7,20H,5,8-14H2,1-2H3,(H,21,24);2*1H. The highest BCUT2D eigenvalue weighted by atomic mass is 35.5. The molecule has 2 aromatic rings. The van der Waals surface area contributed by atoms with Gasteiger partial charge in [-0.1, -0.05) is 12.1 Å². The van der Waals surface area contributed by atoms with E-state index in [2.05, 4.69) is 26.3 Å². The number of nitrogens with one attached hydrogen (secondary N) is 2. The Morgan fingerprint density at radius 2 is 2.00 bits per heavy atom. The molecule has 0 saturated carbocycles. The summed E-state index contributed by atoms with van der Waals surface area (Å²) in [6.07, 6.45) is 3.39. The lowest BCUT2D eigenvalue weighted by Crippen LogP contribution is -2.50. The Morgan fingerprint density at radius 3 is 2.67 bits per heavy atom. The van der Waals surface area contributed by atoms with Gasteiger partial charge in [-0.3, -0.25) is 4.79 Å². The van der Waals surface area contributed by atoms with Crippen LogP contribution >= 0.6 is 24.8 Å². The smallest absolute Gasteiger partial charge is 0.228 e. The van der Waals surface area contributed by atoms with Crippen LogP contribution in [-0.2, 0) is 23.0 Å². The number of carbonyl (C=O) groups excluding carboxylic acids is 1. The molecule has 152 valence electrons. The number of fused-ring (bicyclic) bond motifs is 1. The first-order valence-electron chi connectivity index (χ1n) is 9.04. The quantitative estimate of drug-likeness (QED) is 0.680. The molecule has 0 bridgehead atoms. The molecule has 0 radical (unpaired) electrons. The zero-order valence-electron chi connectivity index (χ0n) is 16.0. The maximum Gasteiger partial charge on any atom is 0.228 e. The van der Waals surface area contributed by atoms with Crippen LogP contribution in [0.1, 0.15) is 25.1 Å². The predicted octanol–water partition coefficient (Wildman–Crippen LogP) is 2.48. The average Bonchev–Trinajstić information content (AvgIpc) is 2.96. The molecule has 2 N–H and O–H groups in total. The van der Waals surface area contributed by atoms with Gasteiger partial charge < -0.3 is 19.9 Å². The van der Waals surface area contributed by atoms with Crippen molar-refractivity contribution >= 4 is 41.8 Å². The van der Waals surface area contributed by atoms with E-state index in [0.717, 1.165) is 55.6 Å². The van der Waals surface area contributed by atoms with E-state index in [1.807, 2.05) is 25.2 Å². The lowest BCUT2D eigenvalue weighted by atomic mass is 9.78. The number of imidazole rings is 1. The summed E-state index contributed by atoms with van der Waals surface area (Å²) in [6.45, 7) is 2.90. The molecule has 0 aliphatic carbocycles. The summed E-state index contributed by atoms with van der Waals surface area (Å²) in [7, 11) is 3.72. The van der Waals surface area contributed by atoms with Crippen molar-refractivity contribution in [2.45, 2.75) is 25.7 Å². The molecular weight excluding hydrogens is 387 g/mol. The minimum Gasteiger partial charge on any atom is -0.384 e. The van der Waals surface area contributed by atoms with Gasteiger partial charge in [-0.2, -0.15) is 0 Å². The molecule has 1 amide bonds. The van der Waals surface area contributed by atoms with Gasteiger partial charge in [0.1, 0.15) is 5.82 Å². The zero-order valence-corrected chi connectivity index (χ0v) is 17.6. The summed E-state index contributed by atoms with van der Waals surface area (Å²) in [4.78, 5) is 17.4. The fourth-order valence-corrected chi connectivity index (χ4v) is 3.67. The fourth-order valence-electron chi connectivity index (χ4n) is 3.67. The van der Waals surface area contributed by atoms with E-state index >= 15 is 0 Å². The molecule has 0 unspecified atom stereocenters. The Balaban J connectivity index is 0.00000182. The fraction of sp³-hybridized carbons (Fsp3) is 0.579. The molecule has 0 atom stereocenters. The van der Waals surface area contributed by atoms with E-state index in [1.54, 1.807) is 7.11 Å². The number of aromatic nitrogens is 2. The van der Waals surface area contributed by atoms with Crippen molar-refractivity contribution in [1.29, 1.82) is 0 Å². The van der Waals surface area contributed by atoms with Gasteiger partial charge in [0.15, 0.2) is 0 Å². The van der Waals surface area contributed by atoms with Gasteiger partial charge in [0.25, 0.3) is 0 Å². The minimum absolute atomic E-state index is 0. The molecule has 1 fully saturated rings. The molecule has 6 nitrogen and oxygen atoms in total. The Bertz CT molecular complexity index is 724. The first-order valence-corrected chi connectivity index (χ1v) is 9.04. The summed E-state index contributed by atoms with van der Waals surface area (Å²) in [6, 6.07) is 8.15. The lowest BCUT2D eigenvalue weighted by molar-refractivity contribution is -0.136. The highest BCUT2D eigenvalue weighted by molar-refractivity contribution is 5.85. The lowest BCUT2D eigenvalue weighted by Gasteiger charge is -2.35. The number of aryl methyl sites for hydroxylation is 2. The van der Waals surface area contributed by atoms with E-state index < -0.39 is 0 Å². The molecule has 1 saturated heterocycles. The van der Waals surface area contributed by atoms with E-state index in [4.69, 9.17) is 4.74 Å². The number of halogens is 2. The second-order valence-corrected chi connectivity index (χ2v) is 6.90. The summed E-state index contributed by atoms with van der Waals surface area (Å²) in [5.41, 5.74) is 1.80. The number of methoxy groups -OCH3 is 1. The number of rotatable bonds is 7. The van der Waals surface area contributed by atoms with Crippen LogP contribution in [0.15, 0.2) is 24.3 Å². The molecule has 2 heterocycles. The topological polar surface area (TPSA) is 68.2 Å². The highest BCUT2D eigenvalue weighted by Gasteiger charge is 2.39. The summed E-state index contributed by atoms with van der Waals surface area (Å²) >= 11 is 0. The van der Waals surface area contributed by atoms with Gasteiger partial charge in [-0.05, 0) is 44.5 Å². The number of hydrogen-bond donors (Lipinski definition) is 2. The molecule has 3 rings (SSSR count). The third kappa shape index (κ3) is 5.35. The third-order valence-electron chi connectivity index (χ3n) is 5.21. The average molecular weight is 417 g/mol. The number of carbonyl (C=O) groups is 1. The summed E-state index contributed by atoms with van der Waals surface area (Å²) in [5.74, 6) is 1.18. The second kappa shape index (κ2) is 10.9. The van der Waals surface area contributed by atoms with Crippen molar-refractivity contribution < 1.29 is 9.53 Å². The second-order valence-electron chi connectivity index (χ2n) is 6.90. The number of para-hydroxylation sites is 2. The maximum absolute atomic E-state index is 12.7. The Kier molecular flexibility index (Phi) is 9.53. The van der Waals surface area contributed by atoms with Gasteiger partial charge in [0, 0.05) is 27.1 Å². The van der Waals surface area contributed by atoms with Crippen LogP contribution in [0.2, 0.25) is 0 Å². The van der Waals surface area contributed by atoms with Gasteiger partial charge in [-0.25, -0.2) is 4.98 Å². The van der Waals surface area contributed by atoms with E-state index in [0.29, 0.717) is 13.2 Å². The van der Waals surface area contributed by atoms with Crippen molar-refractivity contribution in [1.82, 2.24) is 20.2 Å². The Morgan fingerprint density at radius 1 is 1.30 bits per heavy atom. The van der Waals surface area contributed by atoms with E-state index in [1.165, 1.54) is 0 Å². The number of nitrogens with zero attached hydrogens (tertiary/aromatic N) is 2. The predicted molar refractivity (Wildman–Crippen MR) is 113 cm³/mol. The SMILES string of the molecule is COCC1(C(=O)NCCCc2nc3ccccc3n2C)CCNCC1.Cl.Cl. The summed E-state index contributed by atoms with van der Waals surface area (Å²) < 4.78 is 7.46. The number of hydrogen-bond acceptors (Lipinski definition) is 4. The van der Waals surface area contributed by atoms with Crippen LogP contribution in [0.4, 0.5) is 0 Å². The van der Waals surface area contributed by atoms with Crippen molar-refractivity contribution in [3.63, 3.8) is 0 Å². The first-order chi connectivity index (χ1) is 12.2. The van der Waals surface area contributed by atoms with E-state index in [-0.39, 0.29) is 36.1 Å². The number of amides is 1. The third-order valence-corrected chi connectivity index (χ3v) is 5.21. The van der Waals surface area contributed by atoms with Crippen LogP contribution in [0.3, 0.4) is 0 Å². The van der Waals surface area contributed by atoms with Gasteiger partial charge in [0.05, 0.1) is 23.1 Å². The van der Waals surface area contributed by atoms with Crippen LogP contribution in [-0.4, -0.2) is 48.8 Å². The van der Waals surface area contributed by atoms with E-state index in [9.17, 15) is 4.79 Å².